The van der Waals surface area contributed by atoms with Gasteiger partial charge in [0.1, 0.15) is 0 Å². The summed E-state index contributed by atoms with van der Waals surface area (Å²) in [6.07, 6.45) is 0. The van der Waals surface area contributed by atoms with Gasteiger partial charge in [-0.15, -0.1) is 0 Å². The number of hydrogen-bond acceptors (Lipinski definition) is 1. The second kappa shape index (κ2) is 4.88. The van der Waals surface area contributed by atoms with Crippen molar-refractivity contribution in [1.82, 2.24) is 0 Å². The Labute approximate surface area is 104 Å². The number of aliphatic hydroxyl groups excluding tert-OH is 1. The van der Waals surface area contributed by atoms with Crippen molar-refractivity contribution in [3.05, 3.63) is 58.1 Å². The largest absolute Gasteiger partial charge is 0.392 e. The predicted molar refractivity (Wildman–Crippen MR) is 67.8 cm³/mol. The highest BCUT2D eigenvalue weighted by molar-refractivity contribution is 6.37. The predicted octanol–water partition coefficient (Wildman–Crippen LogP) is 4.15. The summed E-state index contributed by atoms with van der Waals surface area (Å²) in [6.45, 7) is -0.154. The second-order valence-corrected chi connectivity index (χ2v) is 4.20. The van der Waals surface area contributed by atoms with Crippen molar-refractivity contribution in [2.24, 2.45) is 0 Å². The Kier molecular flexibility index (Phi) is 3.49. The molecule has 0 amide bonds. The van der Waals surface area contributed by atoms with Crippen LogP contribution in [-0.4, -0.2) is 5.11 Å². The Hall–Kier alpha value is -1.02. The van der Waals surface area contributed by atoms with Gasteiger partial charge in [0.05, 0.1) is 11.6 Å². The van der Waals surface area contributed by atoms with Gasteiger partial charge in [-0.3, -0.25) is 0 Å². The first-order valence-corrected chi connectivity index (χ1v) is 5.63. The Morgan fingerprint density at radius 1 is 0.938 bits per heavy atom. The zero-order valence-electron chi connectivity index (χ0n) is 8.45. The first kappa shape index (κ1) is 11.5. The molecule has 0 fully saturated rings. The van der Waals surface area contributed by atoms with Crippen molar-refractivity contribution < 1.29 is 5.11 Å². The molecule has 0 aliphatic carbocycles. The van der Waals surface area contributed by atoms with Crippen LogP contribution in [0.5, 0.6) is 0 Å². The molecule has 0 atom stereocenters. The van der Waals surface area contributed by atoms with Crippen LogP contribution in [0, 0.1) is 0 Å². The maximum absolute atomic E-state index is 9.20. The van der Waals surface area contributed by atoms with E-state index in [1.165, 1.54) is 0 Å². The van der Waals surface area contributed by atoms with Crippen LogP contribution in [0.4, 0.5) is 0 Å². The Morgan fingerprint density at radius 2 is 1.62 bits per heavy atom. The molecule has 2 aromatic rings. The van der Waals surface area contributed by atoms with Gasteiger partial charge in [0.2, 0.25) is 0 Å². The lowest BCUT2D eigenvalue weighted by Gasteiger charge is -2.09. The summed E-state index contributed by atoms with van der Waals surface area (Å²) in [4.78, 5) is 0. The van der Waals surface area contributed by atoms with E-state index in [2.05, 4.69) is 0 Å². The molecule has 82 valence electrons. The van der Waals surface area contributed by atoms with E-state index in [9.17, 15) is 5.11 Å². The monoisotopic (exact) mass is 252 g/mol. The summed E-state index contributed by atoms with van der Waals surface area (Å²) in [5.41, 5.74) is 2.47. The third kappa shape index (κ3) is 2.07. The molecule has 0 aliphatic rings. The van der Waals surface area contributed by atoms with E-state index in [0.717, 1.165) is 11.1 Å². The summed E-state index contributed by atoms with van der Waals surface area (Å²) in [6, 6.07) is 13.4. The molecule has 3 heteroatoms. The van der Waals surface area contributed by atoms with E-state index >= 15 is 0 Å². The van der Waals surface area contributed by atoms with Gasteiger partial charge >= 0.3 is 0 Å². The molecule has 0 spiro atoms. The van der Waals surface area contributed by atoms with Crippen LogP contribution in [0.25, 0.3) is 11.1 Å². The number of hydrogen-bond donors (Lipinski definition) is 1. The van der Waals surface area contributed by atoms with Gasteiger partial charge in [-0.25, -0.2) is 0 Å². The van der Waals surface area contributed by atoms with E-state index < -0.39 is 0 Å². The normalized spacial score (nSPS) is 10.4. The molecule has 0 bridgehead atoms. The lowest BCUT2D eigenvalue weighted by Crippen LogP contribution is -1.90. The Morgan fingerprint density at radius 3 is 2.25 bits per heavy atom. The zero-order valence-corrected chi connectivity index (χ0v) is 9.96. The van der Waals surface area contributed by atoms with Gasteiger partial charge in [-0.2, -0.15) is 0 Å². The number of benzene rings is 2. The van der Waals surface area contributed by atoms with Crippen LogP contribution in [0.15, 0.2) is 42.5 Å². The molecule has 1 nitrogen and oxygen atoms in total. The van der Waals surface area contributed by atoms with Gasteiger partial charge in [-0.1, -0.05) is 59.6 Å². The quantitative estimate of drug-likeness (QED) is 0.852. The van der Waals surface area contributed by atoms with Crippen molar-refractivity contribution in [1.29, 1.82) is 0 Å². The molecule has 2 rings (SSSR count). The molecule has 0 radical (unpaired) electrons. The van der Waals surface area contributed by atoms with E-state index in [0.29, 0.717) is 15.6 Å². The minimum atomic E-state index is -0.154. The highest BCUT2D eigenvalue weighted by Gasteiger charge is 2.10. The first-order chi connectivity index (χ1) is 7.74. The fourth-order valence-electron chi connectivity index (χ4n) is 1.58. The molecule has 0 aliphatic heterocycles. The topological polar surface area (TPSA) is 20.2 Å². The summed E-state index contributed by atoms with van der Waals surface area (Å²) < 4.78 is 0. The molecule has 2 aromatic carbocycles. The summed E-state index contributed by atoms with van der Waals surface area (Å²) in [5, 5.41) is 10.2. The van der Waals surface area contributed by atoms with Crippen molar-refractivity contribution >= 4 is 23.2 Å². The number of halogens is 2. The highest BCUT2D eigenvalue weighted by Crippen LogP contribution is 2.34. The molecule has 0 aromatic heterocycles. The third-order valence-electron chi connectivity index (χ3n) is 2.43. The average molecular weight is 253 g/mol. The molecular weight excluding hydrogens is 243 g/mol. The molecule has 16 heavy (non-hydrogen) atoms. The zero-order chi connectivity index (χ0) is 11.5. The number of aliphatic hydroxyl groups is 1. The van der Waals surface area contributed by atoms with E-state index in [4.69, 9.17) is 23.2 Å². The Balaban J connectivity index is 2.59. The average Bonchev–Trinajstić information content (AvgIpc) is 2.31. The summed E-state index contributed by atoms with van der Waals surface area (Å²) in [5.74, 6) is 0. The molecule has 1 N–H and O–H groups in total. The molecule has 0 saturated carbocycles. The van der Waals surface area contributed by atoms with E-state index in [1.807, 2.05) is 36.4 Å². The summed E-state index contributed by atoms with van der Waals surface area (Å²) >= 11 is 12.1. The molecule has 0 heterocycles. The van der Waals surface area contributed by atoms with Crippen molar-refractivity contribution in [3.8, 4) is 11.1 Å². The minimum Gasteiger partial charge on any atom is -0.392 e. The third-order valence-corrected chi connectivity index (χ3v) is 3.21. The summed E-state index contributed by atoms with van der Waals surface area (Å²) in [7, 11) is 0. The van der Waals surface area contributed by atoms with Crippen molar-refractivity contribution in [2.45, 2.75) is 6.61 Å². The SMILES string of the molecule is OCc1c(Cl)ccc(-c2ccccc2)c1Cl. The highest BCUT2D eigenvalue weighted by atomic mass is 35.5. The van der Waals surface area contributed by atoms with Gasteiger partial charge in [0, 0.05) is 16.1 Å². The van der Waals surface area contributed by atoms with Gasteiger partial charge in [-0.05, 0) is 11.6 Å². The van der Waals surface area contributed by atoms with Crippen LogP contribution in [0.1, 0.15) is 5.56 Å². The smallest absolute Gasteiger partial charge is 0.0711 e. The minimum absolute atomic E-state index is 0.154. The maximum atomic E-state index is 9.20. The molecular formula is C13H10Cl2O. The van der Waals surface area contributed by atoms with Crippen LogP contribution in [-0.2, 0) is 6.61 Å². The fourth-order valence-corrected chi connectivity index (χ4v) is 2.18. The van der Waals surface area contributed by atoms with Gasteiger partial charge in [0.15, 0.2) is 0 Å². The maximum Gasteiger partial charge on any atom is 0.0711 e. The van der Waals surface area contributed by atoms with Crippen LogP contribution in [0.2, 0.25) is 10.0 Å². The number of rotatable bonds is 2. The van der Waals surface area contributed by atoms with Gasteiger partial charge in [0.25, 0.3) is 0 Å². The lowest BCUT2D eigenvalue weighted by molar-refractivity contribution is 0.282. The standard InChI is InChI=1S/C13H10Cl2O/c14-12-7-6-10(13(15)11(12)8-16)9-4-2-1-3-5-9/h1-7,16H,8H2. The second-order valence-electron chi connectivity index (χ2n) is 3.41. The van der Waals surface area contributed by atoms with Crippen LogP contribution < -0.4 is 0 Å². The van der Waals surface area contributed by atoms with E-state index in [1.54, 1.807) is 6.07 Å². The molecule has 0 saturated heterocycles. The van der Waals surface area contributed by atoms with Crippen LogP contribution >= 0.6 is 23.2 Å². The first-order valence-electron chi connectivity index (χ1n) is 4.87. The van der Waals surface area contributed by atoms with Crippen LogP contribution in [0.3, 0.4) is 0 Å². The lowest BCUT2D eigenvalue weighted by atomic mass is 10.0. The van der Waals surface area contributed by atoms with Crippen molar-refractivity contribution in [2.75, 3.05) is 0 Å². The van der Waals surface area contributed by atoms with Gasteiger partial charge < -0.3 is 5.11 Å². The molecule has 0 unspecified atom stereocenters. The Bertz CT molecular complexity index is 495. The van der Waals surface area contributed by atoms with Crippen molar-refractivity contribution in [3.63, 3.8) is 0 Å². The fraction of sp³-hybridized carbons (Fsp3) is 0.0769. The van der Waals surface area contributed by atoms with E-state index in [-0.39, 0.29) is 6.61 Å².